The van der Waals surface area contributed by atoms with Gasteiger partial charge in [-0.15, -0.1) is 11.3 Å². The van der Waals surface area contributed by atoms with Crippen molar-refractivity contribution in [1.82, 2.24) is 15.0 Å². The normalized spacial score (nSPS) is 10.1. The van der Waals surface area contributed by atoms with Crippen LogP contribution in [-0.2, 0) is 6.54 Å². The molecule has 0 aromatic carbocycles. The molecule has 0 amide bonds. The van der Waals surface area contributed by atoms with Crippen LogP contribution in [0.15, 0.2) is 23.8 Å². The highest BCUT2D eigenvalue weighted by atomic mass is 32.1. The van der Waals surface area contributed by atoms with E-state index in [1.165, 1.54) is 0 Å². The van der Waals surface area contributed by atoms with Crippen molar-refractivity contribution >= 4 is 17.3 Å². The van der Waals surface area contributed by atoms with E-state index < -0.39 is 0 Å². The number of anilines is 1. The highest BCUT2D eigenvalue weighted by Gasteiger charge is 1.97. The van der Waals surface area contributed by atoms with Crippen LogP contribution >= 0.6 is 11.3 Å². The monoisotopic (exact) mass is 206 g/mol. The van der Waals surface area contributed by atoms with E-state index in [9.17, 15) is 0 Å². The summed E-state index contributed by atoms with van der Waals surface area (Å²) in [6, 6.07) is 1.87. The fourth-order valence-electron chi connectivity index (χ4n) is 1.03. The second kappa shape index (κ2) is 4.15. The van der Waals surface area contributed by atoms with Gasteiger partial charge in [0.2, 0.25) is 5.95 Å². The molecular weight excluding hydrogens is 196 g/mol. The highest BCUT2D eigenvalue weighted by Crippen LogP contribution is 2.06. The molecule has 2 aromatic heterocycles. The minimum Gasteiger partial charge on any atom is -0.348 e. The molecule has 0 fully saturated rings. The van der Waals surface area contributed by atoms with E-state index >= 15 is 0 Å². The Balaban J connectivity index is 1.98. The summed E-state index contributed by atoms with van der Waals surface area (Å²) in [7, 11) is 0. The van der Waals surface area contributed by atoms with Gasteiger partial charge in [-0.1, -0.05) is 0 Å². The van der Waals surface area contributed by atoms with Gasteiger partial charge in [0.15, 0.2) is 0 Å². The summed E-state index contributed by atoms with van der Waals surface area (Å²) in [5.41, 5.74) is 0.960. The van der Waals surface area contributed by atoms with Gasteiger partial charge in [-0.2, -0.15) is 0 Å². The maximum absolute atomic E-state index is 4.23. The zero-order valence-electron chi connectivity index (χ0n) is 7.77. The second-order valence-electron chi connectivity index (χ2n) is 2.80. The van der Waals surface area contributed by atoms with Crippen molar-refractivity contribution in [3.8, 4) is 0 Å². The number of hydrogen-bond acceptors (Lipinski definition) is 5. The Bertz CT molecular complexity index is 399. The van der Waals surface area contributed by atoms with E-state index in [4.69, 9.17) is 0 Å². The van der Waals surface area contributed by atoms with Gasteiger partial charge in [-0.05, 0) is 13.0 Å². The quantitative estimate of drug-likeness (QED) is 0.832. The van der Waals surface area contributed by atoms with Crippen molar-refractivity contribution in [2.45, 2.75) is 13.5 Å². The molecule has 0 atom stereocenters. The molecule has 0 spiro atoms. The first-order chi connectivity index (χ1) is 6.84. The molecule has 0 aliphatic heterocycles. The van der Waals surface area contributed by atoms with E-state index in [1.807, 2.05) is 18.4 Å². The third-order valence-electron chi connectivity index (χ3n) is 1.68. The molecular formula is C9H10N4S. The van der Waals surface area contributed by atoms with Crippen LogP contribution in [0.25, 0.3) is 0 Å². The summed E-state index contributed by atoms with van der Waals surface area (Å²) < 4.78 is 0. The van der Waals surface area contributed by atoms with Crippen LogP contribution in [-0.4, -0.2) is 15.0 Å². The lowest BCUT2D eigenvalue weighted by Gasteiger charge is -2.01. The first-order valence-corrected chi connectivity index (χ1v) is 5.14. The Morgan fingerprint density at radius 1 is 1.36 bits per heavy atom. The molecule has 0 saturated carbocycles. The van der Waals surface area contributed by atoms with E-state index in [2.05, 4.69) is 20.3 Å². The van der Waals surface area contributed by atoms with Crippen LogP contribution in [0.4, 0.5) is 5.95 Å². The topological polar surface area (TPSA) is 50.7 Å². The van der Waals surface area contributed by atoms with Crippen LogP contribution in [0.5, 0.6) is 0 Å². The zero-order valence-corrected chi connectivity index (χ0v) is 8.58. The van der Waals surface area contributed by atoms with Crippen LogP contribution in [0.1, 0.15) is 10.7 Å². The molecule has 0 bridgehead atoms. The van der Waals surface area contributed by atoms with Crippen molar-refractivity contribution in [2.75, 3.05) is 5.32 Å². The van der Waals surface area contributed by atoms with Gasteiger partial charge in [0.25, 0.3) is 0 Å². The smallest absolute Gasteiger partial charge is 0.223 e. The van der Waals surface area contributed by atoms with Gasteiger partial charge < -0.3 is 5.32 Å². The molecule has 14 heavy (non-hydrogen) atoms. The summed E-state index contributed by atoms with van der Waals surface area (Å²) in [5.74, 6) is 0.653. The van der Waals surface area contributed by atoms with Gasteiger partial charge in [-0.3, -0.25) is 0 Å². The van der Waals surface area contributed by atoms with Crippen LogP contribution in [0.3, 0.4) is 0 Å². The van der Waals surface area contributed by atoms with Gasteiger partial charge in [0.05, 0.1) is 6.54 Å². The molecule has 0 radical (unpaired) electrons. The number of nitrogens with one attached hydrogen (secondary N) is 1. The van der Waals surface area contributed by atoms with Gasteiger partial charge in [-0.25, -0.2) is 15.0 Å². The van der Waals surface area contributed by atoms with E-state index in [-0.39, 0.29) is 0 Å². The van der Waals surface area contributed by atoms with Crippen LogP contribution in [0.2, 0.25) is 0 Å². The Kier molecular flexibility index (Phi) is 2.69. The van der Waals surface area contributed by atoms with Crippen molar-refractivity contribution in [1.29, 1.82) is 0 Å². The molecule has 2 rings (SSSR count). The number of aryl methyl sites for hydroxylation is 1. The van der Waals surface area contributed by atoms with Gasteiger partial charge in [0.1, 0.15) is 5.01 Å². The summed E-state index contributed by atoms with van der Waals surface area (Å²) in [4.78, 5) is 12.5. The number of hydrogen-bond donors (Lipinski definition) is 1. The summed E-state index contributed by atoms with van der Waals surface area (Å²) in [6.07, 6.45) is 3.53. The molecule has 72 valence electrons. The predicted octanol–water partition coefficient (Wildman–Crippen LogP) is 1.85. The highest BCUT2D eigenvalue weighted by molar-refractivity contribution is 7.09. The average Bonchev–Trinajstić information content (AvgIpc) is 2.67. The largest absolute Gasteiger partial charge is 0.348 e. The SMILES string of the molecule is Cc1ccnc(NCc2nccs2)n1. The molecule has 2 heterocycles. The first kappa shape index (κ1) is 9.08. The molecule has 0 aliphatic carbocycles. The number of rotatable bonds is 3. The van der Waals surface area contributed by atoms with E-state index in [0.717, 1.165) is 10.7 Å². The standard InChI is InChI=1S/C9H10N4S/c1-7-2-3-11-9(13-7)12-6-8-10-4-5-14-8/h2-5H,6H2,1H3,(H,11,12,13). The Labute approximate surface area is 86.1 Å². The van der Waals surface area contributed by atoms with Crippen LogP contribution in [0, 0.1) is 6.92 Å². The first-order valence-electron chi connectivity index (χ1n) is 4.26. The number of thiazole rings is 1. The van der Waals surface area contributed by atoms with Crippen molar-refractivity contribution < 1.29 is 0 Å². The molecule has 0 unspecified atom stereocenters. The minimum atomic E-state index is 0.653. The molecule has 0 aliphatic rings. The Hall–Kier alpha value is -1.49. The molecule has 0 saturated heterocycles. The molecule has 5 heteroatoms. The van der Waals surface area contributed by atoms with Gasteiger partial charge >= 0.3 is 0 Å². The molecule has 1 N–H and O–H groups in total. The lowest BCUT2D eigenvalue weighted by atomic mass is 10.5. The number of aromatic nitrogens is 3. The second-order valence-corrected chi connectivity index (χ2v) is 3.78. The minimum absolute atomic E-state index is 0.653. The van der Waals surface area contributed by atoms with Crippen LogP contribution < -0.4 is 5.32 Å². The maximum Gasteiger partial charge on any atom is 0.223 e. The Morgan fingerprint density at radius 3 is 3.00 bits per heavy atom. The zero-order chi connectivity index (χ0) is 9.80. The predicted molar refractivity (Wildman–Crippen MR) is 56.2 cm³/mol. The van der Waals surface area contributed by atoms with E-state index in [1.54, 1.807) is 23.7 Å². The number of nitrogens with zero attached hydrogens (tertiary/aromatic N) is 3. The van der Waals surface area contributed by atoms with Crippen molar-refractivity contribution in [3.63, 3.8) is 0 Å². The fraction of sp³-hybridized carbons (Fsp3) is 0.222. The summed E-state index contributed by atoms with van der Waals surface area (Å²) >= 11 is 1.62. The van der Waals surface area contributed by atoms with E-state index in [0.29, 0.717) is 12.5 Å². The molecule has 2 aromatic rings. The summed E-state index contributed by atoms with van der Waals surface area (Å²) in [5, 5.41) is 6.10. The van der Waals surface area contributed by atoms with Crippen molar-refractivity contribution in [2.24, 2.45) is 0 Å². The average molecular weight is 206 g/mol. The third kappa shape index (κ3) is 2.26. The van der Waals surface area contributed by atoms with Gasteiger partial charge in [0, 0.05) is 23.5 Å². The summed E-state index contributed by atoms with van der Waals surface area (Å²) in [6.45, 7) is 2.62. The molecule has 4 nitrogen and oxygen atoms in total. The Morgan fingerprint density at radius 2 is 2.29 bits per heavy atom. The lowest BCUT2D eigenvalue weighted by molar-refractivity contribution is 1.02. The fourth-order valence-corrected chi connectivity index (χ4v) is 1.59. The third-order valence-corrected chi connectivity index (χ3v) is 2.46. The van der Waals surface area contributed by atoms with Crippen molar-refractivity contribution in [3.05, 3.63) is 34.5 Å². The lowest BCUT2D eigenvalue weighted by Crippen LogP contribution is -2.03. The maximum atomic E-state index is 4.23.